The van der Waals surface area contributed by atoms with E-state index >= 15 is 0 Å². The van der Waals surface area contributed by atoms with Crippen LogP contribution in [0.15, 0.2) is 108 Å². The minimum absolute atomic E-state index is 0.682. The zero-order valence-electron chi connectivity index (χ0n) is 17.7. The topological polar surface area (TPSA) is 38.9 Å². The lowest BCUT2D eigenvalue weighted by Gasteiger charge is -2.06. The molecule has 0 amide bonds. The minimum Gasteiger partial charge on any atom is -0.452 e. The molecule has 3 nitrogen and oxygen atoms in total. The normalized spacial score (nSPS) is 11.3. The van der Waals surface area contributed by atoms with Gasteiger partial charge in [0.05, 0.1) is 0 Å². The number of nitrogens with zero attached hydrogens (tertiary/aromatic N) is 2. The molecule has 158 valence electrons. The van der Waals surface area contributed by atoms with E-state index in [2.05, 4.69) is 18.2 Å². The SMILES string of the molecule is Clc1ccccc1Cc1ccc2oc3c(-c4ccccc4)nc(-c4ccccc4)nc3c2c1. The molecular formula is C29H19ClN2O. The molecule has 4 aromatic carbocycles. The van der Waals surface area contributed by atoms with Crippen LogP contribution in [0.25, 0.3) is 44.7 Å². The molecule has 0 aliphatic heterocycles. The first-order chi connectivity index (χ1) is 16.3. The van der Waals surface area contributed by atoms with Crippen molar-refractivity contribution in [1.29, 1.82) is 0 Å². The Bertz CT molecular complexity index is 1590. The second-order valence-electron chi connectivity index (χ2n) is 8.01. The Hall–Kier alpha value is -3.95. The van der Waals surface area contributed by atoms with Crippen molar-refractivity contribution in [2.45, 2.75) is 6.42 Å². The van der Waals surface area contributed by atoms with Gasteiger partial charge in [0, 0.05) is 21.5 Å². The van der Waals surface area contributed by atoms with Gasteiger partial charge in [-0.05, 0) is 35.7 Å². The molecule has 2 aromatic heterocycles. The van der Waals surface area contributed by atoms with E-state index in [4.69, 9.17) is 26.0 Å². The van der Waals surface area contributed by atoms with Crippen LogP contribution in [-0.4, -0.2) is 9.97 Å². The van der Waals surface area contributed by atoms with E-state index in [0.29, 0.717) is 11.4 Å². The quantitative estimate of drug-likeness (QED) is 0.275. The van der Waals surface area contributed by atoms with Crippen LogP contribution in [-0.2, 0) is 6.42 Å². The molecule has 6 rings (SSSR count). The van der Waals surface area contributed by atoms with Crippen LogP contribution in [0.1, 0.15) is 11.1 Å². The molecule has 0 unspecified atom stereocenters. The highest BCUT2D eigenvalue weighted by Gasteiger charge is 2.18. The van der Waals surface area contributed by atoms with E-state index in [1.165, 1.54) is 0 Å². The summed E-state index contributed by atoms with van der Waals surface area (Å²) in [5.74, 6) is 0.682. The molecule has 0 atom stereocenters. The van der Waals surface area contributed by atoms with Gasteiger partial charge in [0.1, 0.15) is 16.8 Å². The number of hydrogen-bond donors (Lipinski definition) is 0. The predicted octanol–water partition coefficient (Wildman–Crippen LogP) is 7.95. The molecule has 0 fully saturated rings. The maximum atomic E-state index is 6.40. The molecule has 0 radical (unpaired) electrons. The summed E-state index contributed by atoms with van der Waals surface area (Å²) in [6.07, 6.45) is 0.741. The Labute approximate surface area is 196 Å². The highest BCUT2D eigenvalue weighted by molar-refractivity contribution is 6.31. The number of rotatable bonds is 4. The molecule has 0 aliphatic rings. The van der Waals surface area contributed by atoms with E-state index in [-0.39, 0.29) is 0 Å². The van der Waals surface area contributed by atoms with Crippen molar-refractivity contribution in [3.05, 3.63) is 119 Å². The highest BCUT2D eigenvalue weighted by Crippen LogP contribution is 2.36. The van der Waals surface area contributed by atoms with Crippen molar-refractivity contribution < 1.29 is 4.42 Å². The average molecular weight is 447 g/mol. The van der Waals surface area contributed by atoms with Gasteiger partial charge in [-0.15, -0.1) is 0 Å². The van der Waals surface area contributed by atoms with Gasteiger partial charge in [0.15, 0.2) is 11.4 Å². The third-order valence-electron chi connectivity index (χ3n) is 5.81. The largest absolute Gasteiger partial charge is 0.452 e. The first kappa shape index (κ1) is 19.7. The molecule has 2 heterocycles. The van der Waals surface area contributed by atoms with Gasteiger partial charge in [-0.3, -0.25) is 0 Å². The first-order valence-corrected chi connectivity index (χ1v) is 11.2. The fourth-order valence-electron chi connectivity index (χ4n) is 4.17. The molecule has 0 saturated carbocycles. The van der Waals surface area contributed by atoms with Crippen LogP contribution >= 0.6 is 11.6 Å². The molecule has 0 N–H and O–H groups in total. The van der Waals surface area contributed by atoms with Crippen LogP contribution in [0.4, 0.5) is 0 Å². The van der Waals surface area contributed by atoms with Crippen LogP contribution < -0.4 is 0 Å². The van der Waals surface area contributed by atoms with E-state index in [9.17, 15) is 0 Å². The summed E-state index contributed by atoms with van der Waals surface area (Å²) in [6.45, 7) is 0. The van der Waals surface area contributed by atoms with Crippen LogP contribution in [0, 0.1) is 0 Å². The van der Waals surface area contributed by atoms with Crippen molar-refractivity contribution in [2.24, 2.45) is 0 Å². The fourth-order valence-corrected chi connectivity index (χ4v) is 4.37. The minimum atomic E-state index is 0.682. The fraction of sp³-hybridized carbons (Fsp3) is 0.0345. The summed E-state index contributed by atoms with van der Waals surface area (Å²) in [5, 5.41) is 1.75. The van der Waals surface area contributed by atoms with E-state index in [0.717, 1.165) is 55.9 Å². The third kappa shape index (κ3) is 3.67. The van der Waals surface area contributed by atoms with E-state index in [1.807, 2.05) is 84.9 Å². The predicted molar refractivity (Wildman–Crippen MR) is 134 cm³/mol. The molecule has 0 spiro atoms. The maximum Gasteiger partial charge on any atom is 0.180 e. The lowest BCUT2D eigenvalue weighted by Crippen LogP contribution is -1.93. The molecule has 4 heteroatoms. The van der Waals surface area contributed by atoms with E-state index in [1.54, 1.807) is 0 Å². The van der Waals surface area contributed by atoms with Gasteiger partial charge in [0.25, 0.3) is 0 Å². The lowest BCUT2D eigenvalue weighted by atomic mass is 10.0. The van der Waals surface area contributed by atoms with Crippen molar-refractivity contribution in [3.8, 4) is 22.6 Å². The molecule has 0 bridgehead atoms. The highest BCUT2D eigenvalue weighted by atomic mass is 35.5. The molecule has 6 aromatic rings. The second kappa shape index (κ2) is 8.19. The summed E-state index contributed by atoms with van der Waals surface area (Å²) in [6, 6.07) is 34.4. The van der Waals surface area contributed by atoms with Gasteiger partial charge < -0.3 is 4.42 Å². The summed E-state index contributed by atoms with van der Waals surface area (Å²) >= 11 is 6.40. The molecule has 0 aliphatic carbocycles. The zero-order valence-corrected chi connectivity index (χ0v) is 18.5. The van der Waals surface area contributed by atoms with Crippen LogP contribution in [0.3, 0.4) is 0 Å². The van der Waals surface area contributed by atoms with Crippen molar-refractivity contribution in [3.63, 3.8) is 0 Å². The second-order valence-corrected chi connectivity index (χ2v) is 8.41. The number of halogens is 1. The number of hydrogen-bond acceptors (Lipinski definition) is 3. The van der Waals surface area contributed by atoms with Gasteiger partial charge in [-0.25, -0.2) is 9.97 Å². The summed E-state index contributed by atoms with van der Waals surface area (Å²) < 4.78 is 6.31. The smallest absolute Gasteiger partial charge is 0.180 e. The van der Waals surface area contributed by atoms with Crippen molar-refractivity contribution >= 4 is 33.7 Å². The molecule has 0 saturated heterocycles. The monoisotopic (exact) mass is 446 g/mol. The Kier molecular flexibility index (Phi) is 4.89. The Morgan fingerprint density at radius 2 is 1.39 bits per heavy atom. The first-order valence-electron chi connectivity index (χ1n) is 10.8. The Balaban J connectivity index is 1.58. The van der Waals surface area contributed by atoms with Crippen molar-refractivity contribution in [2.75, 3.05) is 0 Å². The molecular weight excluding hydrogens is 428 g/mol. The van der Waals surface area contributed by atoms with Gasteiger partial charge in [-0.1, -0.05) is 96.5 Å². The summed E-state index contributed by atoms with van der Waals surface area (Å²) in [4.78, 5) is 9.87. The van der Waals surface area contributed by atoms with Gasteiger partial charge in [-0.2, -0.15) is 0 Å². The standard InChI is InChI=1S/C29H19ClN2O/c30-24-14-8-7-13-22(24)17-19-15-16-25-23(18-19)27-28(33-25)26(20-9-3-1-4-10-20)31-29(32-27)21-11-5-2-6-12-21/h1-16,18H,17H2. The average Bonchev–Trinajstić information content (AvgIpc) is 3.24. The number of aromatic nitrogens is 2. The molecule has 33 heavy (non-hydrogen) atoms. The van der Waals surface area contributed by atoms with Crippen molar-refractivity contribution in [1.82, 2.24) is 9.97 Å². The Morgan fingerprint density at radius 3 is 2.15 bits per heavy atom. The zero-order chi connectivity index (χ0) is 22.2. The number of furan rings is 1. The van der Waals surface area contributed by atoms with Crippen LogP contribution in [0.2, 0.25) is 5.02 Å². The lowest BCUT2D eigenvalue weighted by molar-refractivity contribution is 0.667. The third-order valence-corrected chi connectivity index (χ3v) is 6.18. The van der Waals surface area contributed by atoms with Gasteiger partial charge in [0.2, 0.25) is 0 Å². The summed E-state index contributed by atoms with van der Waals surface area (Å²) in [5.41, 5.74) is 7.32. The maximum absolute atomic E-state index is 6.40. The number of fused-ring (bicyclic) bond motifs is 3. The van der Waals surface area contributed by atoms with Gasteiger partial charge >= 0.3 is 0 Å². The summed E-state index contributed by atoms with van der Waals surface area (Å²) in [7, 11) is 0. The number of benzene rings is 4. The Morgan fingerprint density at radius 1 is 0.697 bits per heavy atom. The van der Waals surface area contributed by atoms with Crippen LogP contribution in [0.5, 0.6) is 0 Å². The van der Waals surface area contributed by atoms with E-state index < -0.39 is 0 Å².